The van der Waals surface area contributed by atoms with Gasteiger partial charge in [0.25, 0.3) is 0 Å². The summed E-state index contributed by atoms with van der Waals surface area (Å²) in [4.78, 5) is 14.6. The summed E-state index contributed by atoms with van der Waals surface area (Å²) in [6.45, 7) is 1.70. The van der Waals surface area contributed by atoms with Gasteiger partial charge in [-0.3, -0.25) is 4.90 Å². The van der Waals surface area contributed by atoms with E-state index in [9.17, 15) is 4.39 Å². The van der Waals surface area contributed by atoms with Gasteiger partial charge in [0.05, 0.1) is 23.6 Å². The number of aromatic nitrogens is 4. The Bertz CT molecular complexity index is 1110. The molecule has 3 heterocycles. The third-order valence-electron chi connectivity index (χ3n) is 5.10. The average Bonchev–Trinajstić information content (AvgIpc) is 3.46. The fourth-order valence-corrected chi connectivity index (χ4v) is 3.74. The van der Waals surface area contributed by atoms with Gasteiger partial charge in [0.1, 0.15) is 17.4 Å². The SMILES string of the molecule is Fc1ccc2nc([C@@H]3CCCN3Cc3nc(COc4ccccc4)no3)[nH]c2c1. The second-order valence-electron chi connectivity index (χ2n) is 7.12. The maximum Gasteiger partial charge on any atom is 0.240 e. The standard InChI is InChI=1S/C21H20FN5O2/c22-14-8-9-16-17(11-14)24-21(23-16)18-7-4-10-27(18)12-20-25-19(26-29-20)13-28-15-5-2-1-3-6-15/h1-3,5-6,8-9,11,18H,4,7,10,12-13H2,(H,23,24)/t18-/m0/s1. The summed E-state index contributed by atoms with van der Waals surface area (Å²) in [5.74, 6) is 2.40. The highest BCUT2D eigenvalue weighted by Crippen LogP contribution is 2.32. The number of hydrogen-bond donors (Lipinski definition) is 1. The highest BCUT2D eigenvalue weighted by atomic mass is 19.1. The number of para-hydroxylation sites is 1. The molecule has 0 aliphatic carbocycles. The van der Waals surface area contributed by atoms with E-state index >= 15 is 0 Å². The summed E-state index contributed by atoms with van der Waals surface area (Å²) in [6.07, 6.45) is 2.02. The monoisotopic (exact) mass is 393 g/mol. The van der Waals surface area contributed by atoms with Crippen molar-refractivity contribution in [2.75, 3.05) is 6.54 Å². The first-order chi connectivity index (χ1) is 14.2. The summed E-state index contributed by atoms with van der Waals surface area (Å²) in [5.41, 5.74) is 1.48. The predicted octanol–water partition coefficient (Wildman–Crippen LogP) is 4.00. The Kier molecular flexibility index (Phi) is 4.69. The predicted molar refractivity (Wildman–Crippen MR) is 104 cm³/mol. The third kappa shape index (κ3) is 3.84. The van der Waals surface area contributed by atoms with Crippen LogP contribution in [0, 0.1) is 5.82 Å². The van der Waals surface area contributed by atoms with E-state index in [4.69, 9.17) is 9.26 Å². The first-order valence-corrected chi connectivity index (χ1v) is 9.63. The number of benzene rings is 2. The summed E-state index contributed by atoms with van der Waals surface area (Å²) >= 11 is 0. The van der Waals surface area contributed by atoms with E-state index < -0.39 is 0 Å². The van der Waals surface area contributed by atoms with Crippen LogP contribution >= 0.6 is 0 Å². The summed E-state index contributed by atoms with van der Waals surface area (Å²) in [7, 11) is 0. The van der Waals surface area contributed by atoms with Gasteiger partial charge in [-0.15, -0.1) is 0 Å². The minimum Gasteiger partial charge on any atom is -0.485 e. The number of nitrogens with one attached hydrogen (secondary N) is 1. The van der Waals surface area contributed by atoms with E-state index in [-0.39, 0.29) is 18.5 Å². The molecule has 8 heteroatoms. The minimum atomic E-state index is -0.271. The molecule has 1 aliphatic rings. The molecule has 0 saturated carbocycles. The second kappa shape index (κ2) is 7.63. The number of nitrogens with zero attached hydrogens (tertiary/aromatic N) is 4. The zero-order valence-corrected chi connectivity index (χ0v) is 15.7. The van der Waals surface area contributed by atoms with E-state index in [1.165, 1.54) is 12.1 Å². The zero-order valence-electron chi connectivity index (χ0n) is 15.7. The Labute approximate surface area is 166 Å². The van der Waals surface area contributed by atoms with Crippen LogP contribution in [0.25, 0.3) is 11.0 Å². The van der Waals surface area contributed by atoms with Gasteiger partial charge in [-0.25, -0.2) is 9.37 Å². The van der Waals surface area contributed by atoms with Crippen LogP contribution in [0.5, 0.6) is 5.75 Å². The Balaban J connectivity index is 1.26. The molecule has 1 saturated heterocycles. The first-order valence-electron chi connectivity index (χ1n) is 9.63. The van der Waals surface area contributed by atoms with Crippen molar-refractivity contribution < 1.29 is 13.7 Å². The molecular formula is C21H20FN5O2. The molecule has 7 nitrogen and oxygen atoms in total. The topological polar surface area (TPSA) is 80.1 Å². The number of fused-ring (bicyclic) bond motifs is 1. The van der Waals surface area contributed by atoms with Gasteiger partial charge >= 0.3 is 0 Å². The normalized spacial score (nSPS) is 17.2. The minimum absolute atomic E-state index is 0.112. The van der Waals surface area contributed by atoms with Crippen molar-refractivity contribution in [1.82, 2.24) is 25.0 Å². The molecular weight excluding hydrogens is 373 g/mol. The number of ether oxygens (including phenoxy) is 1. The quantitative estimate of drug-likeness (QED) is 0.533. The zero-order chi connectivity index (χ0) is 19.6. The molecule has 0 bridgehead atoms. The van der Waals surface area contributed by atoms with E-state index in [2.05, 4.69) is 25.0 Å². The van der Waals surface area contributed by atoms with Gasteiger partial charge < -0.3 is 14.2 Å². The van der Waals surface area contributed by atoms with Crippen molar-refractivity contribution in [3.05, 3.63) is 71.9 Å². The van der Waals surface area contributed by atoms with Gasteiger partial charge in [-0.05, 0) is 49.7 Å². The Hall–Kier alpha value is -3.26. The van der Waals surface area contributed by atoms with Gasteiger partial charge in [-0.1, -0.05) is 23.4 Å². The van der Waals surface area contributed by atoms with Gasteiger partial charge in [0.2, 0.25) is 11.7 Å². The van der Waals surface area contributed by atoms with E-state index in [1.54, 1.807) is 6.07 Å². The molecule has 0 amide bonds. The maximum absolute atomic E-state index is 13.5. The fraction of sp³-hybridized carbons (Fsp3) is 0.286. The number of rotatable bonds is 6. The lowest BCUT2D eigenvalue weighted by atomic mass is 10.2. The molecule has 0 radical (unpaired) electrons. The Morgan fingerprint density at radius 1 is 1.17 bits per heavy atom. The summed E-state index contributed by atoms with van der Waals surface area (Å²) < 4.78 is 24.5. The van der Waals surface area contributed by atoms with E-state index in [0.29, 0.717) is 23.8 Å². The number of halogens is 1. The van der Waals surface area contributed by atoms with Crippen molar-refractivity contribution >= 4 is 11.0 Å². The number of hydrogen-bond acceptors (Lipinski definition) is 6. The number of imidazole rings is 1. The highest BCUT2D eigenvalue weighted by molar-refractivity contribution is 5.75. The lowest BCUT2D eigenvalue weighted by molar-refractivity contribution is 0.206. The molecule has 148 valence electrons. The third-order valence-corrected chi connectivity index (χ3v) is 5.10. The largest absolute Gasteiger partial charge is 0.485 e. The molecule has 5 rings (SSSR count). The molecule has 2 aromatic heterocycles. The van der Waals surface area contributed by atoms with Crippen LogP contribution in [-0.2, 0) is 13.2 Å². The van der Waals surface area contributed by atoms with Crippen LogP contribution in [0.3, 0.4) is 0 Å². The van der Waals surface area contributed by atoms with Crippen LogP contribution < -0.4 is 4.74 Å². The van der Waals surface area contributed by atoms with Crippen LogP contribution in [0.15, 0.2) is 53.1 Å². The molecule has 1 N–H and O–H groups in total. The molecule has 0 spiro atoms. The Morgan fingerprint density at radius 2 is 2.07 bits per heavy atom. The Morgan fingerprint density at radius 3 is 2.97 bits per heavy atom. The van der Waals surface area contributed by atoms with Crippen LogP contribution in [-0.4, -0.2) is 31.6 Å². The van der Waals surface area contributed by atoms with Gasteiger partial charge in [-0.2, -0.15) is 4.98 Å². The highest BCUT2D eigenvalue weighted by Gasteiger charge is 2.30. The molecule has 1 atom stereocenters. The van der Waals surface area contributed by atoms with E-state index in [0.717, 1.165) is 36.5 Å². The second-order valence-corrected chi connectivity index (χ2v) is 7.12. The van der Waals surface area contributed by atoms with Crippen LogP contribution in [0.1, 0.15) is 36.4 Å². The van der Waals surface area contributed by atoms with Crippen molar-refractivity contribution in [3.8, 4) is 5.75 Å². The average molecular weight is 393 g/mol. The lowest BCUT2D eigenvalue weighted by Crippen LogP contribution is -2.23. The number of H-pyrrole nitrogens is 1. The number of aromatic amines is 1. The van der Waals surface area contributed by atoms with E-state index in [1.807, 2.05) is 30.3 Å². The fourth-order valence-electron chi connectivity index (χ4n) is 3.74. The molecule has 1 aliphatic heterocycles. The number of likely N-dealkylation sites (tertiary alicyclic amines) is 1. The molecule has 29 heavy (non-hydrogen) atoms. The van der Waals surface area contributed by atoms with Gasteiger partial charge in [0, 0.05) is 0 Å². The van der Waals surface area contributed by atoms with Crippen molar-refractivity contribution in [2.45, 2.75) is 32.0 Å². The van der Waals surface area contributed by atoms with Gasteiger partial charge in [0.15, 0.2) is 6.61 Å². The molecule has 4 aromatic rings. The lowest BCUT2D eigenvalue weighted by Gasteiger charge is -2.20. The first kappa shape index (κ1) is 17.8. The van der Waals surface area contributed by atoms with Crippen LogP contribution in [0.2, 0.25) is 0 Å². The van der Waals surface area contributed by atoms with Crippen molar-refractivity contribution in [2.24, 2.45) is 0 Å². The maximum atomic E-state index is 13.5. The molecule has 1 fully saturated rings. The summed E-state index contributed by atoms with van der Waals surface area (Å²) in [5, 5.41) is 4.01. The molecule has 2 aromatic carbocycles. The van der Waals surface area contributed by atoms with Crippen molar-refractivity contribution in [3.63, 3.8) is 0 Å². The summed E-state index contributed by atoms with van der Waals surface area (Å²) in [6, 6.07) is 14.2. The molecule has 0 unspecified atom stereocenters. The van der Waals surface area contributed by atoms with Crippen LogP contribution in [0.4, 0.5) is 4.39 Å². The van der Waals surface area contributed by atoms with Crippen molar-refractivity contribution in [1.29, 1.82) is 0 Å². The smallest absolute Gasteiger partial charge is 0.240 e.